The largest absolute Gasteiger partial charge is 0.392 e. The van der Waals surface area contributed by atoms with Crippen LogP contribution >= 0.6 is 11.3 Å². The number of thiazole rings is 1. The Morgan fingerprint density at radius 1 is 1.53 bits per heavy atom. The first kappa shape index (κ1) is 11.0. The maximum absolute atomic E-state index is 9.58. The average Bonchev–Trinajstić information content (AvgIpc) is 2.45. The number of nitrogens with zero attached hydrogens (tertiary/aromatic N) is 2. The predicted molar refractivity (Wildman–Crippen MR) is 62.1 cm³/mol. The molecule has 0 amide bonds. The number of hydrogen-bond acceptors (Lipinski definition) is 4. The summed E-state index contributed by atoms with van der Waals surface area (Å²) in [5.41, 5.74) is 1.15. The van der Waals surface area contributed by atoms with Crippen molar-refractivity contribution in [3.63, 3.8) is 0 Å². The van der Waals surface area contributed by atoms with E-state index in [0.717, 1.165) is 43.2 Å². The van der Waals surface area contributed by atoms with Crippen LogP contribution in [-0.2, 0) is 6.54 Å². The van der Waals surface area contributed by atoms with Gasteiger partial charge in [0.05, 0.1) is 16.8 Å². The van der Waals surface area contributed by atoms with E-state index in [1.165, 1.54) is 4.88 Å². The third-order valence-electron chi connectivity index (χ3n) is 2.85. The van der Waals surface area contributed by atoms with Crippen LogP contribution in [0.3, 0.4) is 0 Å². The van der Waals surface area contributed by atoms with Gasteiger partial charge >= 0.3 is 0 Å². The Kier molecular flexibility index (Phi) is 3.38. The molecule has 1 N–H and O–H groups in total. The lowest BCUT2D eigenvalue weighted by Crippen LogP contribution is -2.37. The highest BCUT2D eigenvalue weighted by atomic mass is 32.1. The number of aryl methyl sites for hydroxylation is 2. The van der Waals surface area contributed by atoms with Crippen LogP contribution in [0.1, 0.15) is 28.4 Å². The fourth-order valence-electron chi connectivity index (χ4n) is 2.10. The van der Waals surface area contributed by atoms with Gasteiger partial charge in [-0.15, -0.1) is 11.3 Å². The molecule has 2 rings (SSSR count). The van der Waals surface area contributed by atoms with Gasteiger partial charge in [0.25, 0.3) is 0 Å². The molecular formula is C11H18N2OS. The summed E-state index contributed by atoms with van der Waals surface area (Å²) in [7, 11) is 0. The van der Waals surface area contributed by atoms with Crippen LogP contribution in [0, 0.1) is 13.8 Å². The molecule has 1 atom stereocenters. The normalized spacial score (nSPS) is 23.3. The molecule has 0 unspecified atom stereocenters. The van der Waals surface area contributed by atoms with Gasteiger partial charge < -0.3 is 5.11 Å². The summed E-state index contributed by atoms with van der Waals surface area (Å²) in [5.74, 6) is 0. The Labute approximate surface area is 94.8 Å². The van der Waals surface area contributed by atoms with Crippen LogP contribution < -0.4 is 0 Å². The summed E-state index contributed by atoms with van der Waals surface area (Å²) in [6.45, 7) is 6.99. The minimum atomic E-state index is -0.131. The van der Waals surface area contributed by atoms with Crippen LogP contribution in [0.4, 0.5) is 0 Å². The highest BCUT2D eigenvalue weighted by Gasteiger charge is 2.19. The lowest BCUT2D eigenvalue weighted by Gasteiger charge is -2.29. The topological polar surface area (TPSA) is 36.4 Å². The molecule has 3 nitrogen and oxygen atoms in total. The molecular weight excluding hydrogens is 208 g/mol. The van der Waals surface area contributed by atoms with Gasteiger partial charge in [0.1, 0.15) is 0 Å². The number of aliphatic hydroxyl groups is 1. The number of rotatable bonds is 2. The molecule has 4 heteroatoms. The molecule has 84 valence electrons. The molecule has 1 aromatic rings. The lowest BCUT2D eigenvalue weighted by atomic mass is 10.1. The highest BCUT2D eigenvalue weighted by Crippen LogP contribution is 2.21. The van der Waals surface area contributed by atoms with Crippen molar-refractivity contribution in [1.29, 1.82) is 0 Å². The molecule has 2 heterocycles. The van der Waals surface area contributed by atoms with E-state index < -0.39 is 0 Å². The van der Waals surface area contributed by atoms with Crippen molar-refractivity contribution >= 4 is 11.3 Å². The van der Waals surface area contributed by atoms with E-state index in [1.54, 1.807) is 11.3 Å². The number of aromatic nitrogens is 1. The van der Waals surface area contributed by atoms with Crippen molar-refractivity contribution in [3.8, 4) is 0 Å². The second kappa shape index (κ2) is 4.60. The standard InChI is InChI=1S/C11H18N2OS/c1-8-11(15-9(2)12-8)7-13-5-3-4-10(14)6-13/h10,14H,3-7H2,1-2H3/t10-/m1/s1. The molecule has 0 aliphatic carbocycles. The average molecular weight is 226 g/mol. The minimum Gasteiger partial charge on any atom is -0.392 e. The molecule has 1 aliphatic heterocycles. The fraction of sp³-hybridized carbons (Fsp3) is 0.727. The Balaban J connectivity index is 1.99. The highest BCUT2D eigenvalue weighted by molar-refractivity contribution is 7.11. The summed E-state index contributed by atoms with van der Waals surface area (Å²) in [5, 5.41) is 10.7. The zero-order chi connectivity index (χ0) is 10.8. The molecule has 1 aliphatic rings. The van der Waals surface area contributed by atoms with Gasteiger partial charge in [-0.2, -0.15) is 0 Å². The van der Waals surface area contributed by atoms with Gasteiger partial charge in [-0.25, -0.2) is 4.98 Å². The van der Waals surface area contributed by atoms with Gasteiger partial charge in [0.2, 0.25) is 0 Å². The third-order valence-corrected chi connectivity index (χ3v) is 3.91. The van der Waals surface area contributed by atoms with E-state index in [2.05, 4.69) is 16.8 Å². The number of β-amino-alcohol motifs (C(OH)–C–C–N with tert-alkyl or cyclic N) is 1. The van der Waals surface area contributed by atoms with Crippen molar-refractivity contribution in [2.24, 2.45) is 0 Å². The van der Waals surface area contributed by atoms with E-state index in [-0.39, 0.29) is 6.10 Å². The van der Waals surface area contributed by atoms with Gasteiger partial charge in [0.15, 0.2) is 0 Å². The molecule has 0 aromatic carbocycles. The molecule has 0 saturated carbocycles. The second-order valence-corrected chi connectivity index (χ2v) is 5.56. The zero-order valence-electron chi connectivity index (χ0n) is 9.36. The molecule has 0 bridgehead atoms. The second-order valence-electron chi connectivity index (χ2n) is 4.27. The maximum atomic E-state index is 9.58. The lowest BCUT2D eigenvalue weighted by molar-refractivity contribution is 0.0672. The first-order valence-electron chi connectivity index (χ1n) is 5.48. The van der Waals surface area contributed by atoms with Crippen molar-refractivity contribution in [2.45, 2.75) is 39.3 Å². The Morgan fingerprint density at radius 2 is 2.33 bits per heavy atom. The Hall–Kier alpha value is -0.450. The Morgan fingerprint density at radius 3 is 2.93 bits per heavy atom. The molecule has 1 aromatic heterocycles. The monoisotopic (exact) mass is 226 g/mol. The number of hydrogen-bond donors (Lipinski definition) is 1. The van der Waals surface area contributed by atoms with Crippen LogP contribution in [0.2, 0.25) is 0 Å². The predicted octanol–water partition coefficient (Wildman–Crippen LogP) is 1.72. The molecule has 0 spiro atoms. The van der Waals surface area contributed by atoms with Crippen LogP contribution in [0.5, 0.6) is 0 Å². The van der Waals surface area contributed by atoms with Crippen LogP contribution in [0.25, 0.3) is 0 Å². The molecule has 1 saturated heterocycles. The van der Waals surface area contributed by atoms with E-state index in [0.29, 0.717) is 0 Å². The molecule has 0 radical (unpaired) electrons. The summed E-state index contributed by atoms with van der Waals surface area (Å²) in [4.78, 5) is 8.10. The smallest absolute Gasteiger partial charge is 0.0900 e. The number of piperidine rings is 1. The summed E-state index contributed by atoms with van der Waals surface area (Å²) in [6.07, 6.45) is 1.93. The van der Waals surface area contributed by atoms with Crippen LogP contribution in [0.15, 0.2) is 0 Å². The quantitative estimate of drug-likeness (QED) is 0.834. The summed E-state index contributed by atoms with van der Waals surface area (Å²) >= 11 is 1.77. The van der Waals surface area contributed by atoms with Gasteiger partial charge in [-0.1, -0.05) is 0 Å². The van der Waals surface area contributed by atoms with Crippen molar-refractivity contribution < 1.29 is 5.11 Å². The number of likely N-dealkylation sites (tertiary alicyclic amines) is 1. The van der Waals surface area contributed by atoms with Crippen molar-refractivity contribution in [2.75, 3.05) is 13.1 Å². The van der Waals surface area contributed by atoms with Gasteiger partial charge in [0, 0.05) is 18.0 Å². The van der Waals surface area contributed by atoms with E-state index in [9.17, 15) is 5.11 Å². The van der Waals surface area contributed by atoms with Gasteiger partial charge in [-0.3, -0.25) is 4.90 Å². The first-order chi connectivity index (χ1) is 7.15. The molecule has 15 heavy (non-hydrogen) atoms. The van der Waals surface area contributed by atoms with E-state index in [4.69, 9.17) is 0 Å². The number of aliphatic hydroxyl groups excluding tert-OH is 1. The maximum Gasteiger partial charge on any atom is 0.0900 e. The van der Waals surface area contributed by atoms with Crippen LogP contribution in [-0.4, -0.2) is 34.2 Å². The van der Waals surface area contributed by atoms with E-state index in [1.807, 2.05) is 6.92 Å². The SMILES string of the molecule is Cc1nc(C)c(CN2CCC[C@@H](O)C2)s1. The van der Waals surface area contributed by atoms with Gasteiger partial charge in [-0.05, 0) is 33.2 Å². The first-order valence-corrected chi connectivity index (χ1v) is 6.30. The zero-order valence-corrected chi connectivity index (χ0v) is 10.2. The van der Waals surface area contributed by atoms with Crippen molar-refractivity contribution in [3.05, 3.63) is 15.6 Å². The van der Waals surface area contributed by atoms with Crippen molar-refractivity contribution in [1.82, 2.24) is 9.88 Å². The summed E-state index contributed by atoms with van der Waals surface area (Å²) in [6, 6.07) is 0. The summed E-state index contributed by atoms with van der Waals surface area (Å²) < 4.78 is 0. The third kappa shape index (κ3) is 2.77. The fourth-order valence-corrected chi connectivity index (χ4v) is 3.08. The minimum absolute atomic E-state index is 0.131. The Bertz CT molecular complexity index is 337. The van der Waals surface area contributed by atoms with E-state index >= 15 is 0 Å². The molecule has 1 fully saturated rings.